The van der Waals surface area contributed by atoms with Crippen molar-refractivity contribution < 1.29 is 35.9 Å². The maximum absolute atomic E-state index is 12.6. The number of rotatable bonds is 6. The number of amides is 2. The average molecular weight is 511 g/mol. The van der Waals surface area contributed by atoms with Crippen molar-refractivity contribution in [2.75, 3.05) is 26.2 Å². The van der Waals surface area contributed by atoms with E-state index in [-0.39, 0.29) is 36.0 Å². The highest BCUT2D eigenvalue weighted by molar-refractivity contribution is 7.92. The molecule has 0 N–H and O–H groups in total. The fourth-order valence-corrected chi connectivity index (χ4v) is 5.49. The molecule has 0 saturated carbocycles. The van der Waals surface area contributed by atoms with Crippen molar-refractivity contribution in [3.05, 3.63) is 60.7 Å². The average Bonchev–Trinajstić information content (AvgIpc) is 2.85. The van der Waals surface area contributed by atoms with Crippen molar-refractivity contribution in [1.29, 1.82) is 0 Å². The van der Waals surface area contributed by atoms with Crippen LogP contribution in [0.3, 0.4) is 0 Å². The number of benzene rings is 2. The summed E-state index contributed by atoms with van der Waals surface area (Å²) in [5, 5.41) is 0. The Labute approximate surface area is 198 Å². The highest BCUT2D eigenvalue weighted by atomic mass is 32.2. The second kappa shape index (κ2) is 10.4. The van der Waals surface area contributed by atoms with Crippen LogP contribution in [0.2, 0.25) is 0 Å². The molecule has 2 amide bonds. The SMILES string of the molecule is C[C@H](OC(=O)N1CCN(C(=O)O[C@@H](C)S(=O)(=O)c2ccccc2)CC1)S(=O)(=O)c1ccccc1. The molecule has 2 aromatic rings. The first-order valence-electron chi connectivity index (χ1n) is 10.5. The maximum Gasteiger partial charge on any atom is 0.411 e. The molecule has 2 aromatic carbocycles. The van der Waals surface area contributed by atoms with Crippen LogP contribution in [-0.2, 0) is 29.1 Å². The molecule has 0 unspecified atom stereocenters. The van der Waals surface area contributed by atoms with E-state index in [1.807, 2.05) is 0 Å². The van der Waals surface area contributed by atoms with Crippen LogP contribution >= 0.6 is 0 Å². The van der Waals surface area contributed by atoms with Gasteiger partial charge in [0, 0.05) is 26.2 Å². The predicted molar refractivity (Wildman–Crippen MR) is 122 cm³/mol. The maximum atomic E-state index is 12.6. The molecule has 1 fully saturated rings. The lowest BCUT2D eigenvalue weighted by Crippen LogP contribution is -2.52. The third-order valence-corrected chi connectivity index (χ3v) is 9.15. The van der Waals surface area contributed by atoms with Gasteiger partial charge in [-0.2, -0.15) is 0 Å². The van der Waals surface area contributed by atoms with Gasteiger partial charge in [-0.3, -0.25) is 0 Å². The lowest BCUT2D eigenvalue weighted by atomic mass is 10.3. The van der Waals surface area contributed by atoms with Crippen LogP contribution in [0, 0.1) is 0 Å². The van der Waals surface area contributed by atoms with E-state index in [4.69, 9.17) is 9.47 Å². The van der Waals surface area contributed by atoms with Crippen LogP contribution in [-0.4, -0.2) is 75.9 Å². The van der Waals surface area contributed by atoms with E-state index >= 15 is 0 Å². The van der Waals surface area contributed by atoms with E-state index in [0.717, 1.165) is 0 Å². The fourth-order valence-electron chi connectivity index (χ4n) is 3.23. The molecule has 184 valence electrons. The summed E-state index contributed by atoms with van der Waals surface area (Å²) in [6, 6.07) is 15.3. The van der Waals surface area contributed by atoms with Crippen molar-refractivity contribution in [3.8, 4) is 0 Å². The lowest BCUT2D eigenvalue weighted by Gasteiger charge is -2.34. The molecule has 1 aliphatic rings. The number of nitrogens with zero attached hydrogens (tertiary/aromatic N) is 2. The van der Waals surface area contributed by atoms with Gasteiger partial charge in [-0.15, -0.1) is 0 Å². The van der Waals surface area contributed by atoms with Crippen LogP contribution in [0.1, 0.15) is 13.8 Å². The van der Waals surface area contributed by atoms with Gasteiger partial charge in [-0.1, -0.05) is 36.4 Å². The molecule has 0 spiro atoms. The minimum absolute atomic E-state index is 0.0439. The van der Waals surface area contributed by atoms with Gasteiger partial charge in [-0.05, 0) is 38.1 Å². The van der Waals surface area contributed by atoms with Gasteiger partial charge < -0.3 is 19.3 Å². The zero-order chi connectivity index (χ0) is 24.9. The lowest BCUT2D eigenvalue weighted by molar-refractivity contribution is 0.0548. The van der Waals surface area contributed by atoms with Gasteiger partial charge in [-0.25, -0.2) is 26.4 Å². The first kappa shape index (κ1) is 25.5. The van der Waals surface area contributed by atoms with E-state index in [1.165, 1.54) is 47.9 Å². The topological polar surface area (TPSA) is 127 Å². The molecule has 0 aliphatic carbocycles. The molecule has 10 nitrogen and oxygen atoms in total. The number of ether oxygens (including phenoxy) is 2. The third kappa shape index (κ3) is 5.68. The first-order chi connectivity index (χ1) is 16.0. The number of carbonyl (C=O) groups is 2. The van der Waals surface area contributed by atoms with Crippen LogP contribution in [0.5, 0.6) is 0 Å². The van der Waals surface area contributed by atoms with Crippen LogP contribution in [0.4, 0.5) is 9.59 Å². The van der Waals surface area contributed by atoms with E-state index < -0.39 is 42.7 Å². The summed E-state index contributed by atoms with van der Waals surface area (Å²) in [5.41, 5.74) is -2.79. The van der Waals surface area contributed by atoms with E-state index in [9.17, 15) is 26.4 Å². The molecular formula is C22H26N2O8S2. The molecule has 0 aromatic heterocycles. The Morgan fingerprint density at radius 2 is 0.941 bits per heavy atom. The van der Waals surface area contributed by atoms with Gasteiger partial charge in [0.05, 0.1) is 9.79 Å². The summed E-state index contributed by atoms with van der Waals surface area (Å²) >= 11 is 0. The molecule has 1 heterocycles. The minimum atomic E-state index is -3.86. The number of sulfone groups is 2. The standard InChI is InChI=1S/C22H26N2O8S2/c1-17(33(27,28)19-9-5-3-6-10-19)31-21(25)23-13-15-24(16-14-23)22(26)32-18(2)34(29,30)20-11-7-4-8-12-20/h3-12,17-18H,13-16H2,1-2H3/t17-,18-/m1/s1. The Hall–Kier alpha value is -3.12. The van der Waals surface area contributed by atoms with Crippen molar-refractivity contribution in [3.63, 3.8) is 0 Å². The van der Waals surface area contributed by atoms with Gasteiger partial charge in [0.15, 0.2) is 0 Å². The van der Waals surface area contributed by atoms with Crippen LogP contribution in [0.25, 0.3) is 0 Å². The number of piperazine rings is 1. The monoisotopic (exact) mass is 510 g/mol. The molecule has 0 radical (unpaired) electrons. The van der Waals surface area contributed by atoms with Crippen molar-refractivity contribution in [2.24, 2.45) is 0 Å². The first-order valence-corrected chi connectivity index (χ1v) is 13.6. The van der Waals surface area contributed by atoms with Crippen molar-refractivity contribution >= 4 is 31.9 Å². The van der Waals surface area contributed by atoms with Gasteiger partial charge >= 0.3 is 12.2 Å². The van der Waals surface area contributed by atoms with Crippen molar-refractivity contribution in [1.82, 2.24) is 9.80 Å². The van der Waals surface area contributed by atoms with E-state index in [2.05, 4.69) is 0 Å². The largest absolute Gasteiger partial charge is 0.430 e. The number of hydrogen-bond acceptors (Lipinski definition) is 8. The van der Waals surface area contributed by atoms with E-state index in [1.54, 1.807) is 36.4 Å². The summed E-state index contributed by atoms with van der Waals surface area (Å²) in [6.45, 7) is 2.86. The summed E-state index contributed by atoms with van der Waals surface area (Å²) in [6.07, 6.45) is -1.64. The number of hydrogen-bond donors (Lipinski definition) is 0. The van der Waals surface area contributed by atoms with Crippen molar-refractivity contribution in [2.45, 2.75) is 34.5 Å². The predicted octanol–water partition coefficient (Wildman–Crippen LogP) is 2.52. The Kier molecular flexibility index (Phi) is 7.82. The van der Waals surface area contributed by atoms with Gasteiger partial charge in [0.25, 0.3) is 0 Å². The second-order valence-electron chi connectivity index (χ2n) is 7.59. The zero-order valence-corrected chi connectivity index (χ0v) is 20.4. The molecule has 1 saturated heterocycles. The third-order valence-electron chi connectivity index (χ3n) is 5.35. The van der Waals surface area contributed by atoms with E-state index in [0.29, 0.717) is 0 Å². The minimum Gasteiger partial charge on any atom is -0.430 e. The highest BCUT2D eigenvalue weighted by Gasteiger charge is 2.33. The fraction of sp³-hybridized carbons (Fsp3) is 0.364. The Morgan fingerprint density at radius 3 is 1.24 bits per heavy atom. The molecular weight excluding hydrogens is 484 g/mol. The summed E-state index contributed by atoms with van der Waals surface area (Å²) in [5.74, 6) is 0. The molecule has 3 rings (SSSR count). The Balaban J connectivity index is 1.52. The molecule has 12 heteroatoms. The smallest absolute Gasteiger partial charge is 0.411 e. The summed E-state index contributed by atoms with van der Waals surface area (Å²) in [7, 11) is -7.72. The molecule has 34 heavy (non-hydrogen) atoms. The highest BCUT2D eigenvalue weighted by Crippen LogP contribution is 2.19. The number of carbonyl (C=O) groups excluding carboxylic acids is 2. The second-order valence-corrected chi connectivity index (χ2v) is 12.0. The van der Waals surface area contributed by atoms with Crippen LogP contribution in [0.15, 0.2) is 70.5 Å². The normalized spacial score (nSPS) is 16.4. The van der Waals surface area contributed by atoms with Crippen LogP contribution < -0.4 is 0 Å². The Bertz CT molecular complexity index is 1110. The zero-order valence-electron chi connectivity index (χ0n) is 18.7. The summed E-state index contributed by atoms with van der Waals surface area (Å²) < 4.78 is 60.6. The van der Waals surface area contributed by atoms with Gasteiger partial charge in [0.1, 0.15) is 0 Å². The molecule has 0 bridgehead atoms. The Morgan fingerprint density at radius 1 is 0.647 bits per heavy atom. The summed E-state index contributed by atoms with van der Waals surface area (Å²) in [4.78, 5) is 27.6. The van der Waals surface area contributed by atoms with Gasteiger partial charge in [0.2, 0.25) is 30.5 Å². The molecule has 2 atom stereocenters. The quantitative estimate of drug-likeness (QED) is 0.580. The molecule has 1 aliphatic heterocycles.